The highest BCUT2D eigenvalue weighted by Gasteiger charge is 1.98. The molecule has 0 aliphatic carbocycles. The van der Waals surface area contributed by atoms with E-state index in [9.17, 15) is 5.11 Å². The van der Waals surface area contributed by atoms with Crippen LogP contribution in [0, 0.1) is 5.92 Å². The lowest BCUT2D eigenvalue weighted by molar-refractivity contribution is 0.171. The molecule has 0 aromatic heterocycles. The molecule has 55 valence electrons. The number of hydrogen-bond donors (Lipinski definition) is 0. The second-order valence-electron chi connectivity index (χ2n) is 2.74. The first kappa shape index (κ1) is 8.96. The minimum absolute atomic E-state index is 0.102. The lowest BCUT2D eigenvalue weighted by Crippen LogP contribution is -1.96. The van der Waals surface area contributed by atoms with E-state index in [0.717, 1.165) is 6.42 Å². The largest absolute Gasteiger partial charge is 0.237 e. The molecule has 0 aliphatic rings. The first-order chi connectivity index (χ1) is 4.31. The predicted molar refractivity (Wildman–Crippen MR) is 38.9 cm³/mol. The minimum Gasteiger partial charge on any atom is -0.237 e. The van der Waals surface area contributed by atoms with Crippen LogP contribution in [0.15, 0.2) is 0 Å². The molecule has 9 heavy (non-hydrogen) atoms. The van der Waals surface area contributed by atoms with E-state index in [1.807, 2.05) is 0 Å². The Bertz CT molecular complexity index is 52.5. The second kappa shape index (κ2) is 6.09. The van der Waals surface area contributed by atoms with Crippen molar-refractivity contribution in [2.45, 2.75) is 39.5 Å². The summed E-state index contributed by atoms with van der Waals surface area (Å²) < 4.78 is 0. The third-order valence-corrected chi connectivity index (χ3v) is 1.66. The van der Waals surface area contributed by atoms with E-state index < -0.39 is 0 Å². The highest BCUT2D eigenvalue weighted by atomic mass is 16.2. The van der Waals surface area contributed by atoms with E-state index in [-0.39, 0.29) is 6.61 Å². The molecule has 0 saturated carbocycles. The van der Waals surface area contributed by atoms with Crippen molar-refractivity contribution < 1.29 is 5.11 Å². The van der Waals surface area contributed by atoms with Gasteiger partial charge in [-0.3, -0.25) is 0 Å². The fourth-order valence-corrected chi connectivity index (χ4v) is 0.898. The zero-order valence-electron chi connectivity index (χ0n) is 6.52. The van der Waals surface area contributed by atoms with Crippen molar-refractivity contribution in [1.29, 1.82) is 0 Å². The number of hydrogen-bond acceptors (Lipinski definition) is 0. The number of unbranched alkanes of at least 4 members (excludes halogenated alkanes) is 1. The van der Waals surface area contributed by atoms with Gasteiger partial charge in [0, 0.05) is 0 Å². The van der Waals surface area contributed by atoms with Gasteiger partial charge in [-0.15, -0.1) is 0 Å². The molecule has 1 nitrogen and oxygen atoms in total. The van der Waals surface area contributed by atoms with Gasteiger partial charge in [-0.1, -0.05) is 33.1 Å². The monoisotopic (exact) mass is 129 g/mol. The first-order valence-corrected chi connectivity index (χ1v) is 3.89. The van der Waals surface area contributed by atoms with E-state index in [1.165, 1.54) is 19.3 Å². The highest BCUT2D eigenvalue weighted by molar-refractivity contribution is 4.50. The Kier molecular flexibility index (Phi) is 6.06. The predicted octanol–water partition coefficient (Wildman–Crippen LogP) is 2.63. The fourth-order valence-electron chi connectivity index (χ4n) is 0.898. The van der Waals surface area contributed by atoms with Crippen LogP contribution < -0.4 is 0 Å². The van der Waals surface area contributed by atoms with Gasteiger partial charge in [0.1, 0.15) is 0 Å². The Labute approximate surface area is 58.1 Å². The van der Waals surface area contributed by atoms with E-state index in [0.29, 0.717) is 5.92 Å². The smallest absolute Gasteiger partial charge is 0.0824 e. The summed E-state index contributed by atoms with van der Waals surface area (Å²) in [6, 6.07) is 0. The zero-order valence-corrected chi connectivity index (χ0v) is 6.52. The van der Waals surface area contributed by atoms with Crippen molar-refractivity contribution in [3.05, 3.63) is 0 Å². The van der Waals surface area contributed by atoms with Gasteiger partial charge in [0.15, 0.2) is 0 Å². The molecule has 0 aromatic rings. The maximum absolute atomic E-state index is 10.1. The zero-order chi connectivity index (χ0) is 7.11. The quantitative estimate of drug-likeness (QED) is 0.544. The highest BCUT2D eigenvalue weighted by Crippen LogP contribution is 2.10. The van der Waals surface area contributed by atoms with Crippen molar-refractivity contribution in [3.8, 4) is 0 Å². The fraction of sp³-hybridized carbons (Fsp3) is 1.00. The lowest BCUT2D eigenvalue weighted by Gasteiger charge is -2.05. The maximum atomic E-state index is 10.1. The van der Waals surface area contributed by atoms with Crippen LogP contribution in [-0.4, -0.2) is 6.61 Å². The van der Waals surface area contributed by atoms with E-state index in [1.54, 1.807) is 0 Å². The summed E-state index contributed by atoms with van der Waals surface area (Å²) in [5.74, 6) is 0.655. The van der Waals surface area contributed by atoms with Gasteiger partial charge < -0.3 is 0 Å². The molecule has 1 unspecified atom stereocenters. The lowest BCUT2D eigenvalue weighted by atomic mass is 10.0. The van der Waals surface area contributed by atoms with Crippen molar-refractivity contribution >= 4 is 0 Å². The summed E-state index contributed by atoms with van der Waals surface area (Å²) in [5.41, 5.74) is 0. The Balaban J connectivity index is 2.95. The summed E-state index contributed by atoms with van der Waals surface area (Å²) in [5, 5.41) is 10.1. The average molecular weight is 129 g/mol. The Morgan fingerprint density at radius 3 is 2.44 bits per heavy atom. The molecule has 0 rings (SSSR count). The molecule has 0 amide bonds. The average Bonchev–Trinajstić information content (AvgIpc) is 1.85. The van der Waals surface area contributed by atoms with Crippen LogP contribution in [0.2, 0.25) is 0 Å². The Hall–Kier alpha value is -0.0400. The first-order valence-electron chi connectivity index (χ1n) is 3.89. The summed E-state index contributed by atoms with van der Waals surface area (Å²) in [7, 11) is 0. The molecule has 0 aliphatic heterocycles. The molecule has 1 heteroatoms. The third kappa shape index (κ3) is 5.84. The molecule has 0 spiro atoms. The van der Waals surface area contributed by atoms with E-state index in [4.69, 9.17) is 0 Å². The molecule has 0 aromatic carbocycles. The van der Waals surface area contributed by atoms with Crippen LogP contribution in [-0.2, 0) is 5.11 Å². The molecule has 0 bridgehead atoms. The summed E-state index contributed by atoms with van der Waals surface area (Å²) in [6.45, 7) is 4.45. The van der Waals surface area contributed by atoms with Gasteiger partial charge in [0.2, 0.25) is 0 Å². The van der Waals surface area contributed by atoms with E-state index >= 15 is 0 Å². The van der Waals surface area contributed by atoms with Crippen molar-refractivity contribution in [2.75, 3.05) is 6.61 Å². The van der Waals surface area contributed by atoms with Gasteiger partial charge in [0.05, 0.1) is 6.61 Å². The van der Waals surface area contributed by atoms with Crippen LogP contribution in [0.4, 0.5) is 0 Å². The topological polar surface area (TPSA) is 19.9 Å². The van der Waals surface area contributed by atoms with Crippen LogP contribution in [0.5, 0.6) is 0 Å². The van der Waals surface area contributed by atoms with Crippen LogP contribution in [0.25, 0.3) is 0 Å². The van der Waals surface area contributed by atoms with Gasteiger partial charge in [-0.2, -0.15) is 0 Å². The normalized spacial score (nSPS) is 13.7. The second-order valence-corrected chi connectivity index (χ2v) is 2.74. The molecule has 0 saturated heterocycles. The third-order valence-electron chi connectivity index (χ3n) is 1.66. The molecular weight excluding hydrogens is 112 g/mol. The molecule has 0 heterocycles. The summed E-state index contributed by atoms with van der Waals surface area (Å²) in [6.07, 6.45) is 4.63. The Morgan fingerprint density at radius 2 is 2.00 bits per heavy atom. The van der Waals surface area contributed by atoms with Crippen LogP contribution in [0.3, 0.4) is 0 Å². The molecule has 0 N–H and O–H groups in total. The van der Waals surface area contributed by atoms with Crippen LogP contribution >= 0.6 is 0 Å². The van der Waals surface area contributed by atoms with Crippen LogP contribution in [0.1, 0.15) is 39.5 Å². The number of rotatable bonds is 5. The van der Waals surface area contributed by atoms with Gasteiger partial charge in [-0.25, -0.2) is 5.11 Å². The summed E-state index contributed by atoms with van der Waals surface area (Å²) in [4.78, 5) is 0. The molecule has 1 radical (unpaired) electrons. The van der Waals surface area contributed by atoms with Crippen molar-refractivity contribution in [2.24, 2.45) is 5.92 Å². The minimum atomic E-state index is 0.102. The van der Waals surface area contributed by atoms with Gasteiger partial charge >= 0.3 is 0 Å². The van der Waals surface area contributed by atoms with Crippen molar-refractivity contribution in [1.82, 2.24) is 0 Å². The molecule has 0 fully saturated rings. The standard InChI is InChI=1S/C8H17O/c1-3-4-5-8(2)6-7-9/h8H,3-7H2,1-2H3. The SMILES string of the molecule is CCCCC(C)CC[O]. The maximum Gasteiger partial charge on any atom is 0.0824 e. The molecular formula is C8H17O. The molecule has 1 atom stereocenters. The van der Waals surface area contributed by atoms with E-state index in [2.05, 4.69) is 13.8 Å². The van der Waals surface area contributed by atoms with Crippen molar-refractivity contribution in [3.63, 3.8) is 0 Å². The summed E-state index contributed by atoms with van der Waals surface area (Å²) >= 11 is 0. The van der Waals surface area contributed by atoms with Gasteiger partial charge in [-0.05, 0) is 12.3 Å². The Morgan fingerprint density at radius 1 is 1.33 bits per heavy atom. The van der Waals surface area contributed by atoms with Gasteiger partial charge in [0.25, 0.3) is 0 Å².